The van der Waals surface area contributed by atoms with Gasteiger partial charge in [-0.05, 0) is 61.4 Å². The number of hydrogen-bond acceptors (Lipinski definition) is 3. The minimum Gasteiger partial charge on any atom is -0.328 e. The zero-order valence-electron chi connectivity index (χ0n) is 19.0. The molecule has 0 saturated heterocycles. The monoisotopic (exact) mass is 477 g/mol. The summed E-state index contributed by atoms with van der Waals surface area (Å²) in [5.74, 6) is -0.209. The first-order valence-corrected chi connectivity index (χ1v) is 11.7. The minimum absolute atomic E-state index is 0.229. The van der Waals surface area contributed by atoms with Crippen molar-refractivity contribution in [3.05, 3.63) is 105 Å². The van der Waals surface area contributed by atoms with Crippen LogP contribution in [0.4, 0.5) is 4.39 Å². The smallest absolute Gasteiger partial charge is 0.266 e. The number of fused-ring (bicyclic) bond motifs is 1. The molecule has 0 bridgehead atoms. The third-order valence-electron chi connectivity index (χ3n) is 5.78. The van der Waals surface area contributed by atoms with Gasteiger partial charge in [-0.15, -0.1) is 0 Å². The number of carbonyl (C=O) groups excluding carboxylic acids is 1. The average molecular weight is 478 g/mol. The van der Waals surface area contributed by atoms with E-state index in [1.807, 2.05) is 19.9 Å². The molecule has 1 amide bonds. The molecule has 0 aliphatic heterocycles. The quantitative estimate of drug-likeness (QED) is 0.319. The van der Waals surface area contributed by atoms with Gasteiger partial charge in [-0.25, -0.2) is 9.37 Å². The molecule has 1 heterocycles. The zero-order valence-corrected chi connectivity index (χ0v) is 19.8. The average Bonchev–Trinajstić information content (AvgIpc) is 2.85. The van der Waals surface area contributed by atoms with Gasteiger partial charge in [0.05, 0.1) is 33.2 Å². The maximum Gasteiger partial charge on any atom is 0.266 e. The van der Waals surface area contributed by atoms with Gasteiger partial charge in [0.15, 0.2) is 0 Å². The highest BCUT2D eigenvalue weighted by Crippen LogP contribution is 2.29. The van der Waals surface area contributed by atoms with Gasteiger partial charge in [0.2, 0.25) is 0 Å². The molecule has 1 aromatic heterocycles. The third-order valence-corrected chi connectivity index (χ3v) is 6.11. The normalized spacial score (nSPS) is 12.0. The molecule has 4 rings (SSSR count). The van der Waals surface area contributed by atoms with Gasteiger partial charge in [-0.1, -0.05) is 49.7 Å². The fraction of sp³-hybridized carbons (Fsp3) is 0.222. The largest absolute Gasteiger partial charge is 0.328 e. The second-order valence-corrected chi connectivity index (χ2v) is 8.41. The minimum atomic E-state index is -0.508. The van der Waals surface area contributed by atoms with Crippen LogP contribution in [0.3, 0.4) is 0 Å². The predicted molar refractivity (Wildman–Crippen MR) is 133 cm³/mol. The van der Waals surface area contributed by atoms with Crippen molar-refractivity contribution >= 4 is 28.4 Å². The molecular weight excluding hydrogens is 453 g/mol. The topological polar surface area (TPSA) is 55.2 Å². The highest BCUT2D eigenvalue weighted by molar-refractivity contribution is 6.33. The van der Waals surface area contributed by atoms with Gasteiger partial charge < -0.3 is 4.90 Å². The van der Waals surface area contributed by atoms with Gasteiger partial charge in [-0.3, -0.25) is 14.2 Å². The molecule has 1 atom stereocenters. The summed E-state index contributed by atoms with van der Waals surface area (Å²) in [6.07, 6.45) is 1.23. The van der Waals surface area contributed by atoms with Gasteiger partial charge >= 0.3 is 0 Å². The van der Waals surface area contributed by atoms with Gasteiger partial charge in [-0.2, -0.15) is 0 Å². The Labute approximate surface area is 202 Å². The van der Waals surface area contributed by atoms with Gasteiger partial charge in [0, 0.05) is 6.54 Å². The number of nitrogens with zero attached hydrogens (tertiary/aromatic N) is 3. The van der Waals surface area contributed by atoms with Crippen LogP contribution in [-0.2, 0) is 0 Å². The van der Waals surface area contributed by atoms with E-state index in [1.165, 1.54) is 16.7 Å². The zero-order chi connectivity index (χ0) is 24.2. The molecule has 0 aliphatic rings. The van der Waals surface area contributed by atoms with Crippen LogP contribution in [0.5, 0.6) is 0 Å². The molecule has 0 N–H and O–H groups in total. The SMILES string of the molecule is CCCN(C(=O)c1ccccc1Cl)C(CC)c1nc2ccccc2c(=O)n1-c1ccc(F)cc1. The lowest BCUT2D eigenvalue weighted by molar-refractivity contribution is 0.0659. The number of amides is 1. The van der Waals surface area contributed by atoms with Crippen LogP contribution < -0.4 is 5.56 Å². The van der Waals surface area contributed by atoms with E-state index in [1.54, 1.807) is 59.5 Å². The van der Waals surface area contributed by atoms with E-state index in [2.05, 4.69) is 0 Å². The summed E-state index contributed by atoms with van der Waals surface area (Å²) in [6, 6.07) is 19.2. The molecule has 5 nitrogen and oxygen atoms in total. The van der Waals surface area contributed by atoms with Crippen molar-refractivity contribution < 1.29 is 9.18 Å². The second kappa shape index (κ2) is 10.2. The van der Waals surface area contributed by atoms with Crippen molar-refractivity contribution in [3.63, 3.8) is 0 Å². The highest BCUT2D eigenvalue weighted by atomic mass is 35.5. The van der Waals surface area contributed by atoms with Crippen molar-refractivity contribution in [3.8, 4) is 5.69 Å². The van der Waals surface area contributed by atoms with Crippen LogP contribution in [0, 0.1) is 5.82 Å². The second-order valence-electron chi connectivity index (χ2n) is 8.01. The Bertz CT molecular complexity index is 1390. The van der Waals surface area contributed by atoms with E-state index >= 15 is 0 Å². The molecule has 0 aliphatic carbocycles. The van der Waals surface area contributed by atoms with Gasteiger partial charge in [0.25, 0.3) is 11.5 Å². The maximum atomic E-state index is 13.7. The summed E-state index contributed by atoms with van der Waals surface area (Å²) in [7, 11) is 0. The first-order chi connectivity index (χ1) is 16.5. The van der Waals surface area contributed by atoms with Crippen molar-refractivity contribution in [2.24, 2.45) is 0 Å². The Morgan fingerprint density at radius 1 is 1.03 bits per heavy atom. The molecule has 0 radical (unpaired) electrons. The molecule has 7 heteroatoms. The van der Waals surface area contributed by atoms with E-state index in [-0.39, 0.29) is 11.5 Å². The van der Waals surface area contributed by atoms with Crippen molar-refractivity contribution in [1.82, 2.24) is 14.5 Å². The lowest BCUT2D eigenvalue weighted by atomic mass is 10.1. The Morgan fingerprint density at radius 3 is 2.38 bits per heavy atom. The number of hydrogen-bond donors (Lipinski definition) is 0. The molecule has 1 unspecified atom stereocenters. The number of para-hydroxylation sites is 1. The number of halogens is 2. The summed E-state index contributed by atoms with van der Waals surface area (Å²) >= 11 is 6.35. The lowest BCUT2D eigenvalue weighted by Gasteiger charge is -2.32. The summed E-state index contributed by atoms with van der Waals surface area (Å²) in [5.41, 5.74) is 1.15. The van der Waals surface area contributed by atoms with E-state index < -0.39 is 11.9 Å². The first-order valence-electron chi connectivity index (χ1n) is 11.3. The Hall–Kier alpha value is -3.51. The van der Waals surface area contributed by atoms with E-state index in [0.29, 0.717) is 52.4 Å². The third kappa shape index (κ3) is 4.46. The summed E-state index contributed by atoms with van der Waals surface area (Å²) < 4.78 is 15.2. The van der Waals surface area contributed by atoms with Crippen LogP contribution in [-0.4, -0.2) is 26.9 Å². The summed E-state index contributed by atoms with van der Waals surface area (Å²) in [4.78, 5) is 33.9. The maximum absolute atomic E-state index is 13.7. The van der Waals surface area contributed by atoms with Crippen molar-refractivity contribution in [2.75, 3.05) is 6.54 Å². The fourth-order valence-corrected chi connectivity index (χ4v) is 4.40. The highest BCUT2D eigenvalue weighted by Gasteiger charge is 2.30. The van der Waals surface area contributed by atoms with E-state index in [9.17, 15) is 14.0 Å². The molecule has 0 spiro atoms. The molecule has 174 valence electrons. The molecule has 0 saturated carbocycles. The summed E-state index contributed by atoms with van der Waals surface area (Å²) in [6.45, 7) is 4.39. The number of aromatic nitrogens is 2. The van der Waals surface area contributed by atoms with Gasteiger partial charge in [0.1, 0.15) is 11.6 Å². The van der Waals surface area contributed by atoms with Crippen LogP contribution in [0.2, 0.25) is 5.02 Å². The molecule has 0 fully saturated rings. The molecule has 3 aromatic carbocycles. The lowest BCUT2D eigenvalue weighted by Crippen LogP contribution is -2.39. The van der Waals surface area contributed by atoms with Crippen LogP contribution in [0.1, 0.15) is 48.9 Å². The first kappa shape index (κ1) is 23.6. The van der Waals surface area contributed by atoms with Crippen LogP contribution >= 0.6 is 11.6 Å². The predicted octanol–water partition coefficient (Wildman–Crippen LogP) is 6.18. The molecule has 34 heavy (non-hydrogen) atoms. The standard InChI is InChI=1S/C27H25ClFN3O2/c1-3-17-31(26(33)20-9-5-7-11-22(20)28)24(4-2)25-30-23-12-8-6-10-21(23)27(34)32(25)19-15-13-18(29)14-16-19/h5-16,24H,3-4,17H2,1-2H3. The van der Waals surface area contributed by atoms with E-state index in [4.69, 9.17) is 16.6 Å². The van der Waals surface area contributed by atoms with Crippen LogP contribution in [0.15, 0.2) is 77.6 Å². The van der Waals surface area contributed by atoms with Crippen molar-refractivity contribution in [1.29, 1.82) is 0 Å². The molecular formula is C27H25ClFN3O2. The Balaban J connectivity index is 1.95. The molecule has 4 aromatic rings. The number of benzene rings is 3. The van der Waals surface area contributed by atoms with Crippen molar-refractivity contribution in [2.45, 2.75) is 32.7 Å². The fourth-order valence-electron chi connectivity index (χ4n) is 4.18. The van der Waals surface area contributed by atoms with Crippen LogP contribution in [0.25, 0.3) is 16.6 Å². The Morgan fingerprint density at radius 2 is 1.71 bits per heavy atom. The summed E-state index contributed by atoms with van der Waals surface area (Å²) in [5, 5.41) is 0.816. The van der Waals surface area contributed by atoms with E-state index in [0.717, 1.165) is 0 Å². The number of carbonyl (C=O) groups is 1. The number of rotatable bonds is 7. The Kier molecular flexibility index (Phi) is 7.08.